The van der Waals surface area contributed by atoms with Gasteiger partial charge in [-0.2, -0.15) is 0 Å². The molecule has 3 aromatic heterocycles. The van der Waals surface area contributed by atoms with Crippen molar-refractivity contribution in [3.8, 4) is 22.8 Å². The Bertz CT molecular complexity index is 1450. The predicted molar refractivity (Wildman–Crippen MR) is 124 cm³/mol. The van der Waals surface area contributed by atoms with Crippen molar-refractivity contribution in [2.75, 3.05) is 6.54 Å². The molecular formula is C26H22N4O2. The molecular weight excluding hydrogens is 400 g/mol. The zero-order valence-corrected chi connectivity index (χ0v) is 17.5. The molecule has 0 saturated heterocycles. The van der Waals surface area contributed by atoms with Crippen LogP contribution in [0.5, 0.6) is 0 Å². The third-order valence-corrected chi connectivity index (χ3v) is 6.16. The predicted octanol–water partition coefficient (Wildman–Crippen LogP) is 4.74. The van der Waals surface area contributed by atoms with Crippen molar-refractivity contribution in [3.05, 3.63) is 100 Å². The fraction of sp³-hybridized carbons (Fsp3) is 0.154. The van der Waals surface area contributed by atoms with Gasteiger partial charge in [-0.25, -0.2) is 4.98 Å². The summed E-state index contributed by atoms with van der Waals surface area (Å²) >= 11 is 0. The average molecular weight is 422 g/mol. The molecule has 158 valence electrons. The van der Waals surface area contributed by atoms with Gasteiger partial charge >= 0.3 is 0 Å². The van der Waals surface area contributed by atoms with E-state index in [9.17, 15) is 4.79 Å². The fourth-order valence-corrected chi connectivity index (χ4v) is 4.60. The van der Waals surface area contributed by atoms with Crippen LogP contribution in [-0.2, 0) is 19.5 Å². The fourth-order valence-electron chi connectivity index (χ4n) is 4.60. The second-order valence-electron chi connectivity index (χ2n) is 8.17. The summed E-state index contributed by atoms with van der Waals surface area (Å²) in [6, 6.07) is 22.5. The van der Waals surface area contributed by atoms with Crippen molar-refractivity contribution in [3.63, 3.8) is 0 Å². The maximum absolute atomic E-state index is 12.7. The van der Waals surface area contributed by atoms with Crippen LogP contribution in [0.1, 0.15) is 16.8 Å². The summed E-state index contributed by atoms with van der Waals surface area (Å²) in [6.07, 6.45) is 2.27. The minimum absolute atomic E-state index is 0.0712. The number of hydrogen-bond donors (Lipinski definition) is 2. The molecule has 6 heteroatoms. The van der Waals surface area contributed by atoms with Crippen molar-refractivity contribution in [2.24, 2.45) is 0 Å². The molecule has 0 saturated carbocycles. The van der Waals surface area contributed by atoms with Crippen LogP contribution in [0, 0.1) is 0 Å². The van der Waals surface area contributed by atoms with Crippen LogP contribution in [0.25, 0.3) is 33.7 Å². The van der Waals surface area contributed by atoms with Crippen LogP contribution >= 0.6 is 0 Å². The van der Waals surface area contributed by atoms with Crippen molar-refractivity contribution < 1.29 is 4.42 Å². The Morgan fingerprint density at radius 3 is 2.66 bits per heavy atom. The summed E-state index contributed by atoms with van der Waals surface area (Å²) in [5.74, 6) is 1.06. The minimum Gasteiger partial charge on any atom is -0.461 e. The van der Waals surface area contributed by atoms with E-state index in [1.165, 1.54) is 16.5 Å². The van der Waals surface area contributed by atoms with Crippen LogP contribution in [0.2, 0.25) is 0 Å². The Balaban J connectivity index is 1.37. The lowest BCUT2D eigenvalue weighted by Gasteiger charge is -2.28. The molecule has 0 spiro atoms. The summed E-state index contributed by atoms with van der Waals surface area (Å²) in [5.41, 5.74) is 6.25. The normalized spacial score (nSPS) is 14.0. The molecule has 6 rings (SSSR count). The van der Waals surface area contributed by atoms with Crippen molar-refractivity contribution >= 4 is 10.9 Å². The van der Waals surface area contributed by atoms with E-state index < -0.39 is 0 Å². The quantitative estimate of drug-likeness (QED) is 0.439. The van der Waals surface area contributed by atoms with Crippen LogP contribution in [0.3, 0.4) is 0 Å². The standard InChI is InChI=1S/C26H22N4O2/c31-26-19-12-13-30(16-22(19)28-25(29-26)23-11-6-14-32-23)15-20-18-9-4-5-10-21(18)27-24(20)17-7-2-1-3-8-17/h1-11,14,27H,12-13,15-16H2,(H,28,29,31). The summed E-state index contributed by atoms with van der Waals surface area (Å²) < 4.78 is 5.44. The first-order valence-corrected chi connectivity index (χ1v) is 10.8. The number of aromatic nitrogens is 3. The monoisotopic (exact) mass is 422 g/mol. The van der Waals surface area contributed by atoms with E-state index in [0.717, 1.165) is 35.6 Å². The Labute approximate surface area is 184 Å². The molecule has 1 aliphatic heterocycles. The van der Waals surface area contributed by atoms with E-state index >= 15 is 0 Å². The Morgan fingerprint density at radius 2 is 1.81 bits per heavy atom. The molecule has 32 heavy (non-hydrogen) atoms. The van der Waals surface area contributed by atoms with Gasteiger partial charge in [-0.3, -0.25) is 9.69 Å². The molecule has 0 amide bonds. The van der Waals surface area contributed by atoms with E-state index in [4.69, 9.17) is 9.40 Å². The maximum Gasteiger partial charge on any atom is 0.254 e. The van der Waals surface area contributed by atoms with Gasteiger partial charge in [0.05, 0.1) is 17.7 Å². The van der Waals surface area contributed by atoms with E-state index in [-0.39, 0.29) is 5.56 Å². The van der Waals surface area contributed by atoms with Crippen LogP contribution in [0.4, 0.5) is 0 Å². The number of rotatable bonds is 4. The Morgan fingerprint density at radius 1 is 0.969 bits per heavy atom. The summed E-state index contributed by atoms with van der Waals surface area (Å²) in [5, 5.41) is 1.23. The number of H-pyrrole nitrogens is 2. The molecule has 0 atom stereocenters. The second kappa shape index (κ2) is 7.66. The summed E-state index contributed by atoms with van der Waals surface area (Å²) in [6.45, 7) is 2.21. The number of nitrogens with one attached hydrogen (secondary N) is 2. The molecule has 4 heterocycles. The minimum atomic E-state index is -0.0712. The van der Waals surface area contributed by atoms with Gasteiger partial charge in [0, 0.05) is 36.1 Å². The van der Waals surface area contributed by atoms with Crippen molar-refractivity contribution in [1.29, 1.82) is 0 Å². The zero-order valence-electron chi connectivity index (χ0n) is 17.5. The van der Waals surface area contributed by atoms with E-state index in [1.807, 2.05) is 12.1 Å². The highest BCUT2D eigenvalue weighted by atomic mass is 16.3. The SMILES string of the molecule is O=c1[nH]c(-c2ccco2)nc2c1CCN(Cc1c(-c3ccccc3)[nH]c3ccccc13)C2. The third-order valence-electron chi connectivity index (χ3n) is 6.16. The first-order valence-electron chi connectivity index (χ1n) is 10.8. The third kappa shape index (κ3) is 3.25. The van der Waals surface area contributed by atoms with Gasteiger partial charge in [0.15, 0.2) is 11.6 Å². The van der Waals surface area contributed by atoms with Gasteiger partial charge in [0.1, 0.15) is 0 Å². The maximum atomic E-state index is 12.7. The molecule has 5 aromatic rings. The Hall–Kier alpha value is -3.90. The lowest BCUT2D eigenvalue weighted by molar-refractivity contribution is 0.241. The molecule has 6 nitrogen and oxygen atoms in total. The molecule has 2 aromatic carbocycles. The lowest BCUT2D eigenvalue weighted by atomic mass is 10.0. The van der Waals surface area contributed by atoms with Crippen LogP contribution in [-0.4, -0.2) is 26.4 Å². The highest BCUT2D eigenvalue weighted by molar-refractivity contribution is 5.90. The first kappa shape index (κ1) is 18.8. The lowest BCUT2D eigenvalue weighted by Crippen LogP contribution is -2.35. The second-order valence-corrected chi connectivity index (χ2v) is 8.17. The number of para-hydroxylation sites is 1. The molecule has 0 unspecified atom stereocenters. The van der Waals surface area contributed by atoms with Gasteiger partial charge in [0.2, 0.25) is 0 Å². The highest BCUT2D eigenvalue weighted by Gasteiger charge is 2.24. The van der Waals surface area contributed by atoms with E-state index in [2.05, 4.69) is 63.4 Å². The molecule has 0 bridgehead atoms. The number of aromatic amines is 2. The largest absolute Gasteiger partial charge is 0.461 e. The number of nitrogens with zero attached hydrogens (tertiary/aromatic N) is 2. The zero-order chi connectivity index (χ0) is 21.5. The van der Waals surface area contributed by atoms with Gasteiger partial charge in [0.25, 0.3) is 5.56 Å². The number of furan rings is 1. The molecule has 0 fully saturated rings. The van der Waals surface area contributed by atoms with Crippen LogP contribution < -0.4 is 5.56 Å². The molecule has 2 N–H and O–H groups in total. The first-order chi connectivity index (χ1) is 15.8. The number of fused-ring (bicyclic) bond motifs is 2. The molecule has 0 radical (unpaired) electrons. The van der Waals surface area contributed by atoms with Crippen LogP contribution in [0.15, 0.2) is 82.2 Å². The van der Waals surface area contributed by atoms with Gasteiger partial charge < -0.3 is 14.4 Å². The van der Waals surface area contributed by atoms with Gasteiger partial charge in [-0.1, -0.05) is 48.5 Å². The van der Waals surface area contributed by atoms with Crippen molar-refractivity contribution in [2.45, 2.75) is 19.5 Å². The van der Waals surface area contributed by atoms with Gasteiger partial charge in [-0.15, -0.1) is 0 Å². The molecule has 1 aliphatic rings. The Kier molecular flexibility index (Phi) is 4.51. The topological polar surface area (TPSA) is 77.9 Å². The average Bonchev–Trinajstić information content (AvgIpc) is 3.48. The summed E-state index contributed by atoms with van der Waals surface area (Å²) in [4.78, 5) is 26.2. The number of benzene rings is 2. The van der Waals surface area contributed by atoms with Gasteiger partial charge in [-0.05, 0) is 35.7 Å². The molecule has 0 aliphatic carbocycles. The van der Waals surface area contributed by atoms with Crippen molar-refractivity contribution in [1.82, 2.24) is 19.9 Å². The number of hydrogen-bond acceptors (Lipinski definition) is 4. The highest BCUT2D eigenvalue weighted by Crippen LogP contribution is 2.32. The van der Waals surface area contributed by atoms with E-state index in [0.29, 0.717) is 24.6 Å². The van der Waals surface area contributed by atoms with E-state index in [1.54, 1.807) is 12.3 Å². The summed E-state index contributed by atoms with van der Waals surface area (Å²) in [7, 11) is 0. The smallest absolute Gasteiger partial charge is 0.254 e.